The van der Waals surface area contributed by atoms with E-state index in [0.29, 0.717) is 12.8 Å². The van der Waals surface area contributed by atoms with E-state index in [2.05, 4.69) is 16.0 Å². The maximum Gasteiger partial charge on any atom is 0.243 e. The molecule has 0 saturated carbocycles. The van der Waals surface area contributed by atoms with Crippen molar-refractivity contribution in [2.45, 2.75) is 98.9 Å². The molecule has 0 heterocycles. The van der Waals surface area contributed by atoms with Crippen molar-refractivity contribution in [3.8, 4) is 0 Å². The van der Waals surface area contributed by atoms with Gasteiger partial charge in [0, 0.05) is 13.0 Å². The summed E-state index contributed by atoms with van der Waals surface area (Å²) in [5, 5.41) is 27.9. The van der Waals surface area contributed by atoms with E-state index in [0.717, 1.165) is 0 Å². The number of carbonyl (C=O) groups excluding carboxylic acids is 3. The standard InChI is InChI=1S/C23H45N3O5/c1-13(2)11-17(18(28)9-10-27)24-22(30)21(16(7)8)26-23(31)20(15(5)6)25-19(29)12-14(3)4/h13-18,20-21,27-28H,9-12H2,1-8H3,(H,24,30)(H,25,29)(H,26,31)/t17-,18-,20-,21-/m0/s1. The van der Waals surface area contributed by atoms with Crippen LogP contribution in [0.1, 0.15) is 74.7 Å². The molecule has 3 amide bonds. The first-order valence-electron chi connectivity index (χ1n) is 11.5. The van der Waals surface area contributed by atoms with Crippen LogP contribution in [0.5, 0.6) is 0 Å². The van der Waals surface area contributed by atoms with E-state index in [4.69, 9.17) is 5.11 Å². The van der Waals surface area contributed by atoms with Crippen LogP contribution < -0.4 is 16.0 Å². The molecule has 0 bridgehead atoms. The maximum atomic E-state index is 13.0. The first-order valence-corrected chi connectivity index (χ1v) is 11.5. The molecule has 0 aromatic rings. The third-order valence-electron chi connectivity index (χ3n) is 5.05. The van der Waals surface area contributed by atoms with Crippen LogP contribution >= 0.6 is 0 Å². The molecule has 0 spiro atoms. The number of hydrogen-bond acceptors (Lipinski definition) is 5. The van der Waals surface area contributed by atoms with Crippen LogP contribution in [0.3, 0.4) is 0 Å². The molecule has 8 heteroatoms. The fraction of sp³-hybridized carbons (Fsp3) is 0.870. The van der Waals surface area contributed by atoms with Crippen LogP contribution in [0, 0.1) is 23.7 Å². The highest BCUT2D eigenvalue weighted by molar-refractivity contribution is 5.92. The first-order chi connectivity index (χ1) is 14.3. The normalized spacial score (nSPS) is 15.7. The average molecular weight is 444 g/mol. The van der Waals surface area contributed by atoms with E-state index in [-0.39, 0.29) is 48.5 Å². The number of nitrogens with one attached hydrogen (secondary N) is 3. The predicted molar refractivity (Wildman–Crippen MR) is 122 cm³/mol. The van der Waals surface area contributed by atoms with Crippen LogP contribution in [0.4, 0.5) is 0 Å². The zero-order chi connectivity index (χ0) is 24.3. The van der Waals surface area contributed by atoms with Crippen molar-refractivity contribution in [2.24, 2.45) is 23.7 Å². The molecule has 0 rings (SSSR count). The van der Waals surface area contributed by atoms with Crippen LogP contribution in [-0.4, -0.2) is 58.8 Å². The van der Waals surface area contributed by atoms with Crippen molar-refractivity contribution in [2.75, 3.05) is 6.61 Å². The molecule has 5 N–H and O–H groups in total. The van der Waals surface area contributed by atoms with Gasteiger partial charge >= 0.3 is 0 Å². The van der Waals surface area contributed by atoms with E-state index >= 15 is 0 Å². The minimum atomic E-state index is -0.876. The fourth-order valence-corrected chi connectivity index (χ4v) is 3.34. The Labute approximate surface area is 187 Å². The number of carbonyl (C=O) groups is 3. The zero-order valence-corrected chi connectivity index (χ0v) is 20.6. The molecule has 0 saturated heterocycles. The van der Waals surface area contributed by atoms with Crippen molar-refractivity contribution in [1.29, 1.82) is 0 Å². The van der Waals surface area contributed by atoms with E-state index < -0.39 is 30.1 Å². The Morgan fingerprint density at radius 1 is 0.742 bits per heavy atom. The molecule has 0 aromatic carbocycles. The van der Waals surface area contributed by atoms with Gasteiger partial charge in [0.2, 0.25) is 17.7 Å². The van der Waals surface area contributed by atoms with Crippen molar-refractivity contribution < 1.29 is 24.6 Å². The van der Waals surface area contributed by atoms with Crippen molar-refractivity contribution in [3.05, 3.63) is 0 Å². The van der Waals surface area contributed by atoms with Crippen molar-refractivity contribution >= 4 is 17.7 Å². The summed E-state index contributed by atoms with van der Waals surface area (Å²) < 4.78 is 0. The second-order valence-electron chi connectivity index (χ2n) is 9.94. The molecule has 8 nitrogen and oxygen atoms in total. The van der Waals surface area contributed by atoms with Crippen LogP contribution in [0.15, 0.2) is 0 Å². The molecule has 0 unspecified atom stereocenters. The minimum Gasteiger partial charge on any atom is -0.396 e. The van der Waals surface area contributed by atoms with E-state index in [1.165, 1.54) is 0 Å². The van der Waals surface area contributed by atoms with Crippen molar-refractivity contribution in [3.63, 3.8) is 0 Å². The number of aliphatic hydroxyl groups is 2. The molecular formula is C23H45N3O5. The van der Waals surface area contributed by atoms with Gasteiger partial charge in [-0.05, 0) is 36.5 Å². The number of rotatable bonds is 14. The monoisotopic (exact) mass is 443 g/mol. The Morgan fingerprint density at radius 3 is 1.65 bits per heavy atom. The number of hydrogen-bond donors (Lipinski definition) is 5. The van der Waals surface area contributed by atoms with Crippen LogP contribution in [0.25, 0.3) is 0 Å². The van der Waals surface area contributed by atoms with E-state index in [1.807, 2.05) is 55.4 Å². The summed E-state index contributed by atoms with van der Waals surface area (Å²) in [4.78, 5) is 38.1. The summed E-state index contributed by atoms with van der Waals surface area (Å²) in [6, 6.07) is -2.08. The van der Waals surface area contributed by atoms with Crippen LogP contribution in [-0.2, 0) is 14.4 Å². The summed E-state index contributed by atoms with van der Waals surface area (Å²) in [5.41, 5.74) is 0. The largest absolute Gasteiger partial charge is 0.396 e. The van der Waals surface area contributed by atoms with E-state index in [9.17, 15) is 19.5 Å². The maximum absolute atomic E-state index is 13.0. The fourth-order valence-electron chi connectivity index (χ4n) is 3.34. The SMILES string of the molecule is CC(C)CC(=O)N[C@H](C(=O)N[C@H](C(=O)N[C@@H](CC(C)C)[C@@H](O)CCO)C(C)C)C(C)C. The average Bonchev–Trinajstić information content (AvgIpc) is 2.61. The van der Waals surface area contributed by atoms with Gasteiger partial charge in [-0.15, -0.1) is 0 Å². The Hall–Kier alpha value is -1.67. The second-order valence-corrected chi connectivity index (χ2v) is 9.94. The number of aliphatic hydroxyl groups excluding tert-OH is 2. The van der Waals surface area contributed by atoms with Gasteiger partial charge in [0.1, 0.15) is 12.1 Å². The quantitative estimate of drug-likeness (QED) is 0.279. The Kier molecular flexibility index (Phi) is 13.6. The topological polar surface area (TPSA) is 128 Å². The summed E-state index contributed by atoms with van der Waals surface area (Å²) >= 11 is 0. The first kappa shape index (κ1) is 29.3. The predicted octanol–water partition coefficient (Wildman–Crippen LogP) is 1.59. The number of amides is 3. The molecule has 0 radical (unpaired) electrons. The lowest BCUT2D eigenvalue weighted by Crippen LogP contribution is -2.58. The molecule has 0 fully saturated rings. The van der Waals surface area contributed by atoms with Crippen molar-refractivity contribution in [1.82, 2.24) is 16.0 Å². The summed E-state index contributed by atoms with van der Waals surface area (Å²) in [6.07, 6.45) is 0.155. The summed E-state index contributed by atoms with van der Waals surface area (Å²) in [5.74, 6) is -0.928. The molecule has 0 aliphatic rings. The lowest BCUT2D eigenvalue weighted by atomic mass is 9.95. The molecule has 0 aliphatic carbocycles. The highest BCUT2D eigenvalue weighted by Crippen LogP contribution is 2.13. The summed E-state index contributed by atoms with van der Waals surface area (Å²) in [7, 11) is 0. The molecular weight excluding hydrogens is 398 g/mol. The Morgan fingerprint density at radius 2 is 1.23 bits per heavy atom. The van der Waals surface area contributed by atoms with Gasteiger partial charge in [-0.25, -0.2) is 0 Å². The molecule has 0 aliphatic heterocycles. The van der Waals surface area contributed by atoms with Gasteiger partial charge in [-0.3, -0.25) is 14.4 Å². The summed E-state index contributed by atoms with van der Waals surface area (Å²) in [6.45, 7) is 15.0. The van der Waals surface area contributed by atoms with Gasteiger partial charge in [-0.1, -0.05) is 55.4 Å². The molecule has 182 valence electrons. The van der Waals surface area contributed by atoms with E-state index in [1.54, 1.807) is 0 Å². The molecule has 31 heavy (non-hydrogen) atoms. The van der Waals surface area contributed by atoms with Gasteiger partial charge < -0.3 is 26.2 Å². The van der Waals surface area contributed by atoms with Gasteiger partial charge in [0.25, 0.3) is 0 Å². The highest BCUT2D eigenvalue weighted by Gasteiger charge is 2.32. The smallest absolute Gasteiger partial charge is 0.243 e. The van der Waals surface area contributed by atoms with Gasteiger partial charge in [0.15, 0.2) is 0 Å². The Balaban J connectivity index is 5.35. The zero-order valence-electron chi connectivity index (χ0n) is 20.6. The molecule has 0 aromatic heterocycles. The lowest BCUT2D eigenvalue weighted by Gasteiger charge is -2.30. The Bertz CT molecular complexity index is 563. The van der Waals surface area contributed by atoms with Gasteiger partial charge in [-0.2, -0.15) is 0 Å². The van der Waals surface area contributed by atoms with Crippen LogP contribution in [0.2, 0.25) is 0 Å². The third-order valence-corrected chi connectivity index (χ3v) is 5.05. The second kappa shape index (κ2) is 14.4. The highest BCUT2D eigenvalue weighted by atomic mass is 16.3. The third kappa shape index (κ3) is 11.5. The minimum absolute atomic E-state index is 0.146. The lowest BCUT2D eigenvalue weighted by molar-refractivity contribution is -0.134. The molecule has 4 atom stereocenters. The van der Waals surface area contributed by atoms with Gasteiger partial charge in [0.05, 0.1) is 12.1 Å².